The van der Waals surface area contributed by atoms with Crippen molar-refractivity contribution in [3.63, 3.8) is 0 Å². The van der Waals surface area contributed by atoms with Gasteiger partial charge in [0, 0.05) is 6.54 Å². The van der Waals surface area contributed by atoms with Gasteiger partial charge in [-0.15, -0.1) is 0 Å². The molecule has 19 heavy (non-hydrogen) atoms. The Morgan fingerprint density at radius 1 is 1.47 bits per heavy atom. The van der Waals surface area contributed by atoms with Crippen LogP contribution >= 0.6 is 0 Å². The van der Waals surface area contributed by atoms with E-state index >= 15 is 0 Å². The van der Waals surface area contributed by atoms with Gasteiger partial charge in [-0.2, -0.15) is 5.10 Å². The minimum atomic E-state index is -0.433. The Balaban J connectivity index is 2.19. The van der Waals surface area contributed by atoms with Crippen LogP contribution in [0.2, 0.25) is 0 Å². The molecular weight excluding hydrogens is 246 g/mol. The molecule has 0 bridgehead atoms. The molecule has 0 aliphatic carbocycles. The molecule has 2 rings (SSSR count). The predicted octanol–water partition coefficient (Wildman–Crippen LogP) is 2.06. The Morgan fingerprint density at radius 3 is 2.84 bits per heavy atom. The van der Waals surface area contributed by atoms with E-state index in [0.29, 0.717) is 22.7 Å². The second kappa shape index (κ2) is 5.43. The Hall–Kier alpha value is -2.50. The molecule has 1 aromatic heterocycles. The summed E-state index contributed by atoms with van der Waals surface area (Å²) in [6.07, 6.45) is 3.38. The SMILES string of the molecule is CCn1cc(Oc2ccc(C(=O)OC)cc2N)cn1. The van der Waals surface area contributed by atoms with Crippen LogP contribution in [0.5, 0.6) is 11.5 Å². The van der Waals surface area contributed by atoms with E-state index in [0.717, 1.165) is 6.54 Å². The average Bonchev–Trinajstić information content (AvgIpc) is 2.88. The Kier molecular flexibility index (Phi) is 3.70. The predicted molar refractivity (Wildman–Crippen MR) is 70.2 cm³/mol. The molecule has 0 saturated heterocycles. The molecule has 1 heterocycles. The minimum Gasteiger partial charge on any atom is -0.465 e. The molecule has 2 aromatic rings. The first-order chi connectivity index (χ1) is 9.13. The van der Waals surface area contributed by atoms with E-state index in [9.17, 15) is 4.79 Å². The maximum absolute atomic E-state index is 11.3. The van der Waals surface area contributed by atoms with Crippen LogP contribution < -0.4 is 10.5 Å². The van der Waals surface area contributed by atoms with Crippen LogP contribution in [0.3, 0.4) is 0 Å². The highest BCUT2D eigenvalue weighted by atomic mass is 16.5. The summed E-state index contributed by atoms with van der Waals surface area (Å²) in [5, 5.41) is 4.10. The molecule has 0 amide bonds. The monoisotopic (exact) mass is 261 g/mol. The highest BCUT2D eigenvalue weighted by Crippen LogP contribution is 2.28. The van der Waals surface area contributed by atoms with Crippen LogP contribution in [0.4, 0.5) is 5.69 Å². The maximum Gasteiger partial charge on any atom is 0.337 e. The van der Waals surface area contributed by atoms with Crippen LogP contribution in [-0.2, 0) is 11.3 Å². The van der Waals surface area contributed by atoms with Crippen molar-refractivity contribution in [3.8, 4) is 11.5 Å². The molecule has 0 saturated carbocycles. The Bertz CT molecular complexity index is 593. The van der Waals surface area contributed by atoms with Crippen molar-refractivity contribution in [2.75, 3.05) is 12.8 Å². The van der Waals surface area contributed by atoms with E-state index in [4.69, 9.17) is 10.5 Å². The van der Waals surface area contributed by atoms with Crippen molar-refractivity contribution >= 4 is 11.7 Å². The number of ether oxygens (including phenoxy) is 2. The summed E-state index contributed by atoms with van der Waals surface area (Å²) in [6.45, 7) is 2.75. The van der Waals surface area contributed by atoms with Crippen molar-refractivity contribution < 1.29 is 14.3 Å². The fraction of sp³-hybridized carbons (Fsp3) is 0.231. The summed E-state index contributed by atoms with van der Waals surface area (Å²) in [4.78, 5) is 11.3. The molecule has 0 atom stereocenters. The van der Waals surface area contributed by atoms with Crippen LogP contribution in [0.25, 0.3) is 0 Å². The third-order valence-corrected chi connectivity index (χ3v) is 2.59. The molecule has 0 aliphatic rings. The second-order valence-corrected chi connectivity index (χ2v) is 3.88. The van der Waals surface area contributed by atoms with Gasteiger partial charge in [0.25, 0.3) is 0 Å². The lowest BCUT2D eigenvalue weighted by Gasteiger charge is -2.07. The van der Waals surface area contributed by atoms with Gasteiger partial charge in [0.2, 0.25) is 0 Å². The third kappa shape index (κ3) is 2.85. The zero-order chi connectivity index (χ0) is 13.8. The summed E-state index contributed by atoms with van der Waals surface area (Å²) in [7, 11) is 1.32. The third-order valence-electron chi connectivity index (χ3n) is 2.59. The molecular formula is C13H15N3O3. The van der Waals surface area contributed by atoms with Gasteiger partial charge in [0.1, 0.15) is 0 Å². The number of carbonyl (C=O) groups is 1. The number of anilines is 1. The number of methoxy groups -OCH3 is 1. The average molecular weight is 261 g/mol. The molecule has 2 N–H and O–H groups in total. The van der Waals surface area contributed by atoms with E-state index in [-0.39, 0.29) is 0 Å². The Labute approximate surface area is 110 Å². The van der Waals surface area contributed by atoms with Crippen molar-refractivity contribution in [1.29, 1.82) is 0 Å². The van der Waals surface area contributed by atoms with Gasteiger partial charge in [-0.25, -0.2) is 4.79 Å². The molecule has 0 fully saturated rings. The summed E-state index contributed by atoms with van der Waals surface area (Å²) in [5.74, 6) is 0.639. The molecule has 6 heteroatoms. The number of aryl methyl sites for hydroxylation is 1. The highest BCUT2D eigenvalue weighted by molar-refractivity contribution is 5.90. The summed E-state index contributed by atoms with van der Waals surface area (Å²) in [5.41, 5.74) is 6.59. The molecule has 0 spiro atoms. The molecule has 6 nitrogen and oxygen atoms in total. The van der Waals surface area contributed by atoms with Crippen LogP contribution in [0.15, 0.2) is 30.6 Å². The van der Waals surface area contributed by atoms with Gasteiger partial charge < -0.3 is 15.2 Å². The quantitative estimate of drug-likeness (QED) is 0.673. The van der Waals surface area contributed by atoms with E-state index in [1.807, 2.05) is 6.92 Å². The fourth-order valence-corrected chi connectivity index (χ4v) is 1.58. The molecule has 0 radical (unpaired) electrons. The normalized spacial score (nSPS) is 10.2. The van der Waals surface area contributed by atoms with Gasteiger partial charge in [0.05, 0.1) is 30.8 Å². The number of aromatic nitrogens is 2. The number of hydrogen-bond donors (Lipinski definition) is 1. The lowest BCUT2D eigenvalue weighted by atomic mass is 10.2. The van der Waals surface area contributed by atoms with E-state index < -0.39 is 5.97 Å². The molecule has 100 valence electrons. The number of esters is 1. The molecule has 0 unspecified atom stereocenters. The Morgan fingerprint density at radius 2 is 2.26 bits per heavy atom. The van der Waals surface area contributed by atoms with E-state index in [1.165, 1.54) is 13.2 Å². The van der Waals surface area contributed by atoms with Crippen LogP contribution in [0, 0.1) is 0 Å². The summed E-state index contributed by atoms with van der Waals surface area (Å²) < 4.78 is 12.0. The van der Waals surface area contributed by atoms with Crippen LogP contribution in [0.1, 0.15) is 17.3 Å². The van der Waals surface area contributed by atoms with Crippen molar-refractivity contribution in [3.05, 3.63) is 36.2 Å². The fourth-order valence-electron chi connectivity index (χ4n) is 1.58. The number of hydrogen-bond acceptors (Lipinski definition) is 5. The number of nitrogens with zero attached hydrogens (tertiary/aromatic N) is 2. The smallest absolute Gasteiger partial charge is 0.337 e. The standard InChI is InChI=1S/C13H15N3O3/c1-3-16-8-10(7-15-16)19-12-5-4-9(6-11(12)14)13(17)18-2/h4-8H,3,14H2,1-2H3. The summed E-state index contributed by atoms with van der Waals surface area (Å²) >= 11 is 0. The first kappa shape index (κ1) is 12.9. The van der Waals surface area contributed by atoms with Gasteiger partial charge in [-0.3, -0.25) is 4.68 Å². The molecule has 0 aliphatic heterocycles. The molecule has 1 aromatic carbocycles. The van der Waals surface area contributed by atoms with Crippen molar-refractivity contribution in [1.82, 2.24) is 9.78 Å². The second-order valence-electron chi connectivity index (χ2n) is 3.88. The number of nitrogen functional groups attached to an aromatic ring is 1. The van der Waals surface area contributed by atoms with Gasteiger partial charge in [0.15, 0.2) is 11.5 Å². The maximum atomic E-state index is 11.3. The van der Waals surface area contributed by atoms with Gasteiger partial charge >= 0.3 is 5.97 Å². The van der Waals surface area contributed by atoms with E-state index in [1.54, 1.807) is 29.2 Å². The van der Waals surface area contributed by atoms with Crippen molar-refractivity contribution in [2.45, 2.75) is 13.5 Å². The topological polar surface area (TPSA) is 79.4 Å². The number of nitrogens with two attached hydrogens (primary N) is 1. The zero-order valence-electron chi connectivity index (χ0n) is 10.8. The van der Waals surface area contributed by atoms with Gasteiger partial charge in [-0.1, -0.05) is 0 Å². The summed E-state index contributed by atoms with van der Waals surface area (Å²) in [6, 6.07) is 4.75. The largest absolute Gasteiger partial charge is 0.465 e. The lowest BCUT2D eigenvalue weighted by Crippen LogP contribution is -2.02. The first-order valence-corrected chi connectivity index (χ1v) is 5.82. The minimum absolute atomic E-state index is 0.368. The van der Waals surface area contributed by atoms with Crippen LogP contribution in [-0.4, -0.2) is 22.9 Å². The highest BCUT2D eigenvalue weighted by Gasteiger charge is 2.10. The zero-order valence-corrected chi connectivity index (χ0v) is 10.8. The first-order valence-electron chi connectivity index (χ1n) is 5.82. The van der Waals surface area contributed by atoms with E-state index in [2.05, 4.69) is 9.84 Å². The van der Waals surface area contributed by atoms with Crippen molar-refractivity contribution in [2.24, 2.45) is 0 Å². The number of carbonyl (C=O) groups excluding carboxylic acids is 1. The lowest BCUT2D eigenvalue weighted by molar-refractivity contribution is 0.0601. The van der Waals surface area contributed by atoms with Gasteiger partial charge in [-0.05, 0) is 25.1 Å². The number of benzene rings is 1. The number of rotatable bonds is 4.